The number of aryl methyl sites for hydroxylation is 1. The van der Waals surface area contributed by atoms with E-state index in [9.17, 15) is 4.79 Å². The Bertz CT molecular complexity index is 1190. The molecule has 0 saturated heterocycles. The van der Waals surface area contributed by atoms with E-state index in [1.54, 1.807) is 10.7 Å². The van der Waals surface area contributed by atoms with E-state index in [-0.39, 0.29) is 11.7 Å². The van der Waals surface area contributed by atoms with Crippen LogP contribution in [0.25, 0.3) is 16.8 Å². The van der Waals surface area contributed by atoms with Crippen molar-refractivity contribution in [1.82, 2.24) is 14.6 Å². The van der Waals surface area contributed by atoms with Crippen LogP contribution in [-0.2, 0) is 11.2 Å². The number of nitrogens with zero attached hydrogens (tertiary/aromatic N) is 3. The maximum absolute atomic E-state index is 12.5. The fraction of sp³-hybridized carbons (Fsp3) is 0.208. The van der Waals surface area contributed by atoms with E-state index in [4.69, 9.17) is 4.74 Å². The van der Waals surface area contributed by atoms with Crippen molar-refractivity contribution in [2.24, 2.45) is 0 Å². The highest BCUT2D eigenvalue weighted by Gasteiger charge is 2.12. The van der Waals surface area contributed by atoms with Gasteiger partial charge in [0.25, 0.3) is 0 Å². The van der Waals surface area contributed by atoms with Gasteiger partial charge in [-0.15, -0.1) is 0 Å². The lowest BCUT2D eigenvalue weighted by Crippen LogP contribution is -2.15. The minimum absolute atomic E-state index is 0.0547. The molecule has 2 heterocycles. The summed E-state index contributed by atoms with van der Waals surface area (Å²) in [6, 6.07) is 17.7. The summed E-state index contributed by atoms with van der Waals surface area (Å²) in [4.78, 5) is 17.0. The van der Waals surface area contributed by atoms with E-state index in [0.717, 1.165) is 45.2 Å². The number of thioether (sulfide) groups is 1. The highest BCUT2D eigenvalue weighted by molar-refractivity contribution is 8.00. The number of carbonyl (C=O) groups excluding carboxylic acids is 1. The molecule has 2 aromatic carbocycles. The number of amides is 1. The Labute approximate surface area is 185 Å². The number of carbonyl (C=O) groups is 1. The molecule has 2 aromatic heterocycles. The summed E-state index contributed by atoms with van der Waals surface area (Å²) in [5.74, 6) is 1.05. The minimum Gasteiger partial charge on any atom is -0.494 e. The molecule has 0 fully saturated rings. The van der Waals surface area contributed by atoms with E-state index in [0.29, 0.717) is 6.61 Å². The van der Waals surface area contributed by atoms with Crippen molar-refractivity contribution in [1.29, 1.82) is 0 Å². The maximum atomic E-state index is 12.5. The third-order valence-corrected chi connectivity index (χ3v) is 5.82. The van der Waals surface area contributed by atoms with E-state index in [1.807, 2.05) is 67.7 Å². The van der Waals surface area contributed by atoms with Crippen molar-refractivity contribution >= 4 is 28.9 Å². The molecular weight excluding hydrogens is 408 g/mol. The smallest absolute Gasteiger partial charge is 0.234 e. The van der Waals surface area contributed by atoms with Crippen LogP contribution in [0.5, 0.6) is 5.75 Å². The van der Waals surface area contributed by atoms with Gasteiger partial charge in [0, 0.05) is 23.6 Å². The SMILES string of the molecule is CCOc1ccc(-c2cc3c(SCC(=O)Nc4ccccc4CC)nccn3n2)cc1. The summed E-state index contributed by atoms with van der Waals surface area (Å²) in [5, 5.41) is 8.43. The first-order valence-corrected chi connectivity index (χ1v) is 11.2. The minimum atomic E-state index is -0.0547. The topological polar surface area (TPSA) is 68.5 Å². The van der Waals surface area contributed by atoms with Crippen LogP contribution in [-0.4, -0.2) is 32.9 Å². The number of benzene rings is 2. The van der Waals surface area contributed by atoms with Gasteiger partial charge in [0.15, 0.2) is 0 Å². The second-order valence-electron chi connectivity index (χ2n) is 6.90. The van der Waals surface area contributed by atoms with E-state index in [2.05, 4.69) is 22.3 Å². The Hall–Kier alpha value is -3.32. The summed E-state index contributed by atoms with van der Waals surface area (Å²) in [7, 11) is 0. The molecule has 4 aromatic rings. The number of anilines is 1. The summed E-state index contributed by atoms with van der Waals surface area (Å²) in [6.07, 6.45) is 4.39. The molecule has 0 aliphatic carbocycles. The van der Waals surface area contributed by atoms with E-state index >= 15 is 0 Å². The maximum Gasteiger partial charge on any atom is 0.234 e. The molecule has 0 aliphatic rings. The molecule has 7 heteroatoms. The van der Waals surface area contributed by atoms with Gasteiger partial charge in [-0.3, -0.25) is 4.79 Å². The molecule has 31 heavy (non-hydrogen) atoms. The first-order chi connectivity index (χ1) is 15.2. The Kier molecular flexibility index (Phi) is 6.52. The lowest BCUT2D eigenvalue weighted by atomic mass is 10.1. The van der Waals surface area contributed by atoms with Gasteiger partial charge in [-0.2, -0.15) is 5.10 Å². The highest BCUT2D eigenvalue weighted by Crippen LogP contribution is 2.27. The van der Waals surface area contributed by atoms with Crippen LogP contribution in [0.3, 0.4) is 0 Å². The van der Waals surface area contributed by atoms with Gasteiger partial charge >= 0.3 is 0 Å². The average molecular weight is 433 g/mol. The van der Waals surface area contributed by atoms with E-state index < -0.39 is 0 Å². The third-order valence-electron chi connectivity index (χ3n) is 4.83. The summed E-state index contributed by atoms with van der Waals surface area (Å²) < 4.78 is 7.31. The largest absolute Gasteiger partial charge is 0.494 e. The molecule has 0 radical (unpaired) electrons. The number of nitrogens with one attached hydrogen (secondary N) is 1. The Balaban J connectivity index is 1.49. The zero-order valence-electron chi connectivity index (χ0n) is 17.5. The molecule has 0 atom stereocenters. The monoisotopic (exact) mass is 432 g/mol. The lowest BCUT2D eigenvalue weighted by molar-refractivity contribution is -0.113. The Morgan fingerprint density at radius 2 is 1.94 bits per heavy atom. The molecule has 0 aliphatic heterocycles. The van der Waals surface area contributed by atoms with Gasteiger partial charge in [-0.25, -0.2) is 9.50 Å². The summed E-state index contributed by atoms with van der Waals surface area (Å²) in [5.41, 5.74) is 4.70. The molecule has 4 rings (SSSR count). The van der Waals surface area contributed by atoms with Crippen molar-refractivity contribution in [3.63, 3.8) is 0 Å². The van der Waals surface area contributed by atoms with Crippen molar-refractivity contribution in [2.75, 3.05) is 17.7 Å². The molecule has 158 valence electrons. The van der Waals surface area contributed by atoms with Crippen LogP contribution >= 0.6 is 11.8 Å². The van der Waals surface area contributed by atoms with Crippen LogP contribution in [0.2, 0.25) is 0 Å². The number of hydrogen-bond acceptors (Lipinski definition) is 5. The number of ether oxygens (including phenoxy) is 1. The van der Waals surface area contributed by atoms with Crippen LogP contribution < -0.4 is 10.1 Å². The Morgan fingerprint density at radius 3 is 2.71 bits per heavy atom. The molecule has 0 spiro atoms. The second kappa shape index (κ2) is 9.66. The van der Waals surface area contributed by atoms with Gasteiger partial charge in [0.2, 0.25) is 5.91 Å². The highest BCUT2D eigenvalue weighted by atomic mass is 32.2. The molecule has 0 saturated carbocycles. The number of aromatic nitrogens is 3. The quantitative estimate of drug-likeness (QED) is 0.393. The van der Waals surface area contributed by atoms with Crippen molar-refractivity contribution in [3.8, 4) is 17.0 Å². The van der Waals surface area contributed by atoms with Gasteiger partial charge in [0.05, 0.1) is 23.6 Å². The van der Waals surface area contributed by atoms with Crippen molar-refractivity contribution < 1.29 is 9.53 Å². The van der Waals surface area contributed by atoms with Gasteiger partial charge < -0.3 is 10.1 Å². The van der Waals surface area contributed by atoms with Gasteiger partial charge in [-0.05, 0) is 55.3 Å². The fourth-order valence-corrected chi connectivity index (χ4v) is 4.09. The predicted octanol–water partition coefficient (Wildman–Crippen LogP) is 5.09. The summed E-state index contributed by atoms with van der Waals surface area (Å²) in [6.45, 7) is 4.68. The van der Waals surface area contributed by atoms with Crippen LogP contribution in [0, 0.1) is 0 Å². The first kappa shape index (κ1) is 20.9. The van der Waals surface area contributed by atoms with Crippen LogP contribution in [0.15, 0.2) is 72.0 Å². The van der Waals surface area contributed by atoms with Crippen molar-refractivity contribution in [2.45, 2.75) is 25.3 Å². The number of para-hydroxylation sites is 1. The van der Waals surface area contributed by atoms with Gasteiger partial charge in [-0.1, -0.05) is 36.9 Å². The molecule has 0 bridgehead atoms. The Morgan fingerprint density at radius 1 is 1.13 bits per heavy atom. The number of fused-ring (bicyclic) bond motifs is 1. The average Bonchev–Trinajstić information content (AvgIpc) is 3.24. The normalized spacial score (nSPS) is 10.9. The molecule has 0 unspecified atom stereocenters. The standard InChI is InChI=1S/C24H24N4O2S/c1-3-17-7-5-6-8-20(17)26-23(29)16-31-24-22-15-21(27-28(22)14-13-25-24)18-9-11-19(12-10-18)30-4-2/h5-15H,3-4,16H2,1-2H3,(H,26,29). The molecule has 1 N–H and O–H groups in total. The second-order valence-corrected chi connectivity index (χ2v) is 7.86. The van der Waals surface area contributed by atoms with Crippen LogP contribution in [0.4, 0.5) is 5.69 Å². The van der Waals surface area contributed by atoms with E-state index in [1.165, 1.54) is 11.8 Å². The summed E-state index contributed by atoms with van der Waals surface area (Å²) >= 11 is 1.40. The molecule has 6 nitrogen and oxygen atoms in total. The lowest BCUT2D eigenvalue weighted by Gasteiger charge is -2.09. The molecule has 1 amide bonds. The first-order valence-electron chi connectivity index (χ1n) is 10.3. The van der Waals surface area contributed by atoms with Crippen molar-refractivity contribution in [3.05, 3.63) is 72.6 Å². The van der Waals surface area contributed by atoms with Gasteiger partial charge in [0.1, 0.15) is 10.8 Å². The fourth-order valence-electron chi connectivity index (χ4n) is 3.31. The zero-order chi connectivity index (χ0) is 21.6. The third kappa shape index (κ3) is 4.88. The van der Waals surface area contributed by atoms with Crippen LogP contribution in [0.1, 0.15) is 19.4 Å². The number of rotatable bonds is 8. The zero-order valence-corrected chi connectivity index (χ0v) is 18.4. The molecular formula is C24H24N4O2S. The number of hydrogen-bond donors (Lipinski definition) is 1. The predicted molar refractivity (Wildman–Crippen MR) is 125 cm³/mol.